The third kappa shape index (κ3) is 4.37. The normalized spacial score (nSPS) is 18.2. The molecule has 3 aromatic carbocycles. The number of benzene rings is 3. The summed E-state index contributed by atoms with van der Waals surface area (Å²) < 4.78 is 42.9. The molecule has 0 aromatic heterocycles. The van der Waals surface area contributed by atoms with Crippen LogP contribution in [0.25, 0.3) is 10.8 Å². The highest BCUT2D eigenvalue weighted by molar-refractivity contribution is 6.34. The number of carbonyl (C=O) groups is 1. The van der Waals surface area contributed by atoms with Crippen molar-refractivity contribution in [1.82, 2.24) is 5.32 Å². The molecule has 1 aliphatic rings. The lowest BCUT2D eigenvalue weighted by molar-refractivity contribution is -0.275. The third-order valence-electron chi connectivity index (χ3n) is 5.37. The fourth-order valence-electron chi connectivity index (χ4n) is 3.84. The fraction of sp³-hybridized carbons (Fsp3) is 0.217. The fourth-order valence-corrected chi connectivity index (χ4v) is 4.46. The van der Waals surface area contributed by atoms with E-state index in [4.69, 9.17) is 39.6 Å². The molecule has 1 N–H and O–H groups in total. The summed E-state index contributed by atoms with van der Waals surface area (Å²) >= 11 is 17.6. The molecule has 4 rings (SSSR count). The minimum atomic E-state index is -4.80. The highest BCUT2D eigenvalue weighted by atomic mass is 35.5. The summed E-state index contributed by atoms with van der Waals surface area (Å²) in [6.07, 6.45) is -5.39. The maximum Gasteiger partial charge on any atom is 0.435 e. The number of amides is 1. The van der Waals surface area contributed by atoms with Crippen molar-refractivity contribution in [2.75, 3.05) is 12.4 Å². The first-order valence-electron chi connectivity index (χ1n) is 9.81. The Bertz CT molecular complexity index is 1240. The summed E-state index contributed by atoms with van der Waals surface area (Å²) in [5.41, 5.74) is -2.09. The predicted octanol–water partition coefficient (Wildman–Crippen LogP) is 6.70. The second kappa shape index (κ2) is 9.05. The Labute approximate surface area is 202 Å². The summed E-state index contributed by atoms with van der Waals surface area (Å²) in [7, 11) is 0. The summed E-state index contributed by atoms with van der Waals surface area (Å²) in [5, 5.41) is 7.77. The molecule has 172 valence electrons. The van der Waals surface area contributed by atoms with Crippen molar-refractivity contribution in [2.24, 2.45) is 5.16 Å². The largest absolute Gasteiger partial charge is 0.435 e. The van der Waals surface area contributed by atoms with Gasteiger partial charge in [-0.1, -0.05) is 58.7 Å². The lowest BCUT2D eigenvalue weighted by Gasteiger charge is -2.29. The first-order valence-corrected chi connectivity index (χ1v) is 11.1. The number of oxime groups is 1. The molecular formula is C23H16Cl3F3N2O2. The second-order valence-corrected chi connectivity index (χ2v) is 8.69. The van der Waals surface area contributed by atoms with Crippen LogP contribution in [0.15, 0.2) is 59.8 Å². The molecule has 1 aliphatic heterocycles. The molecule has 0 bridgehead atoms. The minimum Gasteiger partial charge on any atom is -0.374 e. The lowest BCUT2D eigenvalue weighted by atomic mass is 9.85. The molecule has 4 nitrogen and oxygen atoms in total. The Morgan fingerprint density at radius 3 is 2.36 bits per heavy atom. The number of fused-ring (bicyclic) bond motifs is 1. The summed E-state index contributed by atoms with van der Waals surface area (Å²) in [4.78, 5) is 17.6. The van der Waals surface area contributed by atoms with Crippen LogP contribution < -0.4 is 5.32 Å². The van der Waals surface area contributed by atoms with Crippen LogP contribution in [-0.4, -0.2) is 30.2 Å². The van der Waals surface area contributed by atoms with Crippen molar-refractivity contribution in [2.45, 2.75) is 18.2 Å². The first-order chi connectivity index (χ1) is 15.7. The number of nitrogens with zero attached hydrogens (tertiary/aromatic N) is 1. The van der Waals surface area contributed by atoms with Crippen LogP contribution in [0.3, 0.4) is 0 Å². The van der Waals surface area contributed by atoms with Gasteiger partial charge in [-0.2, -0.15) is 13.2 Å². The topological polar surface area (TPSA) is 50.7 Å². The van der Waals surface area contributed by atoms with E-state index in [9.17, 15) is 18.0 Å². The molecular weight excluding hydrogens is 500 g/mol. The maximum atomic E-state index is 14.3. The predicted molar refractivity (Wildman–Crippen MR) is 123 cm³/mol. The van der Waals surface area contributed by atoms with Crippen LogP contribution >= 0.6 is 34.8 Å². The molecule has 1 unspecified atom stereocenters. The van der Waals surface area contributed by atoms with Crippen LogP contribution in [0.2, 0.25) is 10.0 Å². The zero-order chi connectivity index (χ0) is 23.8. The van der Waals surface area contributed by atoms with Gasteiger partial charge in [0, 0.05) is 45.6 Å². The number of nitrogens with one attached hydrogen (secondary N) is 1. The van der Waals surface area contributed by atoms with Crippen LogP contribution in [0.4, 0.5) is 13.2 Å². The zero-order valence-corrected chi connectivity index (χ0v) is 19.1. The van der Waals surface area contributed by atoms with Gasteiger partial charge in [-0.25, -0.2) is 0 Å². The Hall–Kier alpha value is -2.48. The Morgan fingerprint density at radius 2 is 1.73 bits per heavy atom. The summed E-state index contributed by atoms with van der Waals surface area (Å²) in [6, 6.07) is 13.7. The van der Waals surface area contributed by atoms with Gasteiger partial charge in [0.2, 0.25) is 0 Å². The monoisotopic (exact) mass is 514 g/mol. The minimum absolute atomic E-state index is 0.0518. The molecule has 0 radical (unpaired) electrons. The van der Waals surface area contributed by atoms with Crippen molar-refractivity contribution in [3.63, 3.8) is 0 Å². The lowest BCUT2D eigenvalue weighted by Crippen LogP contribution is -2.42. The SMILES string of the molecule is O=C(NCCCl)c1ccc(C2=NOC(c3cc(Cl)cc(Cl)c3)(C(F)(F)F)C2)c2ccccc12. The number of hydrogen-bond donors (Lipinski definition) is 1. The van der Waals surface area contributed by atoms with Gasteiger partial charge in [-0.15, -0.1) is 11.6 Å². The van der Waals surface area contributed by atoms with Gasteiger partial charge < -0.3 is 10.2 Å². The van der Waals surface area contributed by atoms with Gasteiger partial charge in [0.15, 0.2) is 0 Å². The number of carbonyl (C=O) groups excluding carboxylic acids is 1. The number of halogens is 6. The van der Waals surface area contributed by atoms with Gasteiger partial charge in [0.25, 0.3) is 11.5 Å². The zero-order valence-electron chi connectivity index (χ0n) is 16.8. The van der Waals surface area contributed by atoms with E-state index >= 15 is 0 Å². The van der Waals surface area contributed by atoms with Crippen LogP contribution in [0, 0.1) is 0 Å². The number of hydrogen-bond acceptors (Lipinski definition) is 3. The van der Waals surface area contributed by atoms with Crippen LogP contribution in [-0.2, 0) is 10.4 Å². The molecule has 1 atom stereocenters. The van der Waals surface area contributed by atoms with Crippen LogP contribution in [0.1, 0.15) is 27.9 Å². The molecule has 1 amide bonds. The van der Waals surface area contributed by atoms with Gasteiger partial charge in [-0.3, -0.25) is 4.79 Å². The van der Waals surface area contributed by atoms with Crippen LogP contribution in [0.5, 0.6) is 0 Å². The number of alkyl halides is 4. The molecule has 0 saturated carbocycles. The van der Waals surface area contributed by atoms with E-state index in [1.165, 1.54) is 18.2 Å². The van der Waals surface area contributed by atoms with Crippen molar-refractivity contribution in [3.05, 3.63) is 81.3 Å². The average Bonchev–Trinajstić information content (AvgIpc) is 3.23. The van der Waals surface area contributed by atoms with E-state index in [-0.39, 0.29) is 39.7 Å². The average molecular weight is 516 g/mol. The van der Waals surface area contributed by atoms with E-state index in [0.717, 1.165) is 0 Å². The van der Waals surface area contributed by atoms with Crippen molar-refractivity contribution >= 4 is 57.2 Å². The molecule has 0 fully saturated rings. The highest BCUT2D eigenvalue weighted by Crippen LogP contribution is 2.50. The van der Waals surface area contributed by atoms with Gasteiger partial charge in [-0.05, 0) is 35.0 Å². The van der Waals surface area contributed by atoms with Crippen molar-refractivity contribution in [3.8, 4) is 0 Å². The smallest absolute Gasteiger partial charge is 0.374 e. The summed E-state index contributed by atoms with van der Waals surface area (Å²) in [6.45, 7) is 0.285. The molecule has 0 aliphatic carbocycles. The van der Waals surface area contributed by atoms with E-state index in [1.807, 2.05) is 0 Å². The maximum absolute atomic E-state index is 14.3. The molecule has 1 heterocycles. The van der Waals surface area contributed by atoms with Crippen molar-refractivity contribution in [1.29, 1.82) is 0 Å². The molecule has 0 saturated heterocycles. The molecule has 3 aromatic rings. The molecule has 33 heavy (non-hydrogen) atoms. The summed E-state index contributed by atoms with van der Waals surface area (Å²) in [5.74, 6) is -0.0793. The molecule has 10 heteroatoms. The van der Waals surface area contributed by atoms with E-state index in [0.29, 0.717) is 21.9 Å². The molecule has 0 spiro atoms. The van der Waals surface area contributed by atoms with Gasteiger partial charge in [0.1, 0.15) is 0 Å². The quantitative estimate of drug-likeness (QED) is 0.385. The van der Waals surface area contributed by atoms with E-state index < -0.39 is 18.2 Å². The first kappa shape index (κ1) is 23.7. The van der Waals surface area contributed by atoms with E-state index in [2.05, 4.69) is 10.5 Å². The van der Waals surface area contributed by atoms with E-state index in [1.54, 1.807) is 36.4 Å². The standard InChI is InChI=1S/C23H16Cl3F3N2O2/c24-7-8-30-21(32)19-6-5-18(16-3-1-2-4-17(16)19)20-12-22(33-31-20,23(27,28)29)13-9-14(25)11-15(26)10-13/h1-6,9-11H,7-8,12H2,(H,30,32). The van der Waals surface area contributed by atoms with Crippen molar-refractivity contribution < 1.29 is 22.8 Å². The number of rotatable bonds is 5. The second-order valence-electron chi connectivity index (χ2n) is 7.44. The highest BCUT2D eigenvalue weighted by Gasteiger charge is 2.62. The Morgan fingerprint density at radius 1 is 1.06 bits per heavy atom. The Balaban J connectivity index is 1.78. The van der Waals surface area contributed by atoms with Gasteiger partial charge >= 0.3 is 6.18 Å². The van der Waals surface area contributed by atoms with Gasteiger partial charge in [0.05, 0.1) is 5.71 Å². The Kier molecular flexibility index (Phi) is 6.49. The third-order valence-corrected chi connectivity index (χ3v) is 6.00.